The first-order valence-corrected chi connectivity index (χ1v) is 11.3. The number of ether oxygens (including phenoxy) is 2. The number of esters is 1. The maximum atomic E-state index is 13.1. The number of carbonyl (C=O) groups is 3. The molecule has 10 heteroatoms. The number of amides is 3. The van der Waals surface area contributed by atoms with Crippen LogP contribution in [0.5, 0.6) is 5.75 Å². The van der Waals surface area contributed by atoms with Gasteiger partial charge in [0, 0.05) is 0 Å². The molecule has 1 saturated heterocycles. The molecule has 1 N–H and O–H groups in total. The molecule has 162 valence electrons. The van der Waals surface area contributed by atoms with Gasteiger partial charge in [0.15, 0.2) is 6.61 Å². The Kier molecular flexibility index (Phi) is 7.86. The third kappa shape index (κ3) is 5.93. The monoisotopic (exact) mass is 650 g/mol. The molecule has 0 spiro atoms. The summed E-state index contributed by atoms with van der Waals surface area (Å²) >= 11 is 4.15. The second-order valence-electron chi connectivity index (χ2n) is 6.41. The Morgan fingerprint density at radius 1 is 1.16 bits per heavy atom. The molecule has 0 bridgehead atoms. The molecule has 1 fully saturated rings. The number of rotatable bonds is 7. The van der Waals surface area contributed by atoms with Gasteiger partial charge in [0.05, 0.1) is 20.3 Å². The molecule has 0 saturated carbocycles. The van der Waals surface area contributed by atoms with Crippen molar-refractivity contribution < 1.29 is 28.2 Å². The van der Waals surface area contributed by atoms with Crippen LogP contribution in [-0.4, -0.2) is 36.0 Å². The van der Waals surface area contributed by atoms with Crippen molar-refractivity contribution >= 4 is 69.2 Å². The number of nitrogens with zero attached hydrogens (tertiary/aromatic N) is 1. The van der Waals surface area contributed by atoms with E-state index in [1.807, 2.05) is 0 Å². The van der Waals surface area contributed by atoms with Crippen LogP contribution in [0, 0.1) is 13.0 Å². The molecule has 2 aromatic carbocycles. The van der Waals surface area contributed by atoms with E-state index in [2.05, 4.69) is 50.5 Å². The molecule has 3 rings (SSSR count). The Morgan fingerprint density at radius 2 is 1.81 bits per heavy atom. The van der Waals surface area contributed by atoms with Crippen molar-refractivity contribution in [2.24, 2.45) is 0 Å². The molecular weight excluding hydrogens is 633 g/mol. The van der Waals surface area contributed by atoms with Crippen LogP contribution < -0.4 is 10.1 Å². The summed E-state index contributed by atoms with van der Waals surface area (Å²) in [6.45, 7) is 1.84. The first kappa shape index (κ1) is 23.4. The first-order valence-electron chi connectivity index (χ1n) is 9.15. The number of nitrogens with one attached hydrogen (secondary N) is 1. The third-order valence-corrected chi connectivity index (χ3v) is 5.79. The van der Waals surface area contributed by atoms with Gasteiger partial charge in [-0.15, -0.1) is 0 Å². The fourth-order valence-electron chi connectivity index (χ4n) is 2.79. The highest BCUT2D eigenvalue weighted by Crippen LogP contribution is 2.30. The summed E-state index contributed by atoms with van der Waals surface area (Å²) in [5.74, 6) is -0.778. The number of halogens is 3. The molecule has 0 unspecified atom stereocenters. The van der Waals surface area contributed by atoms with Gasteiger partial charge in [-0.25, -0.2) is 14.0 Å². The molecule has 0 aromatic heterocycles. The van der Waals surface area contributed by atoms with E-state index < -0.39 is 17.9 Å². The minimum absolute atomic E-state index is 0.0397. The van der Waals surface area contributed by atoms with Crippen molar-refractivity contribution in [3.8, 4) is 5.75 Å². The summed E-state index contributed by atoms with van der Waals surface area (Å²) in [5.41, 5.74) is 1.46. The van der Waals surface area contributed by atoms with Crippen LogP contribution in [0.15, 0.2) is 42.1 Å². The molecule has 1 heterocycles. The largest absolute Gasteiger partial charge is 0.480 e. The maximum Gasteiger partial charge on any atom is 0.344 e. The highest BCUT2D eigenvalue weighted by atomic mass is 127. The molecular formula is C21H17FI2N2O5. The van der Waals surface area contributed by atoms with E-state index >= 15 is 0 Å². The number of imide groups is 1. The van der Waals surface area contributed by atoms with Crippen LogP contribution in [0.2, 0.25) is 0 Å². The summed E-state index contributed by atoms with van der Waals surface area (Å²) < 4.78 is 25.0. The van der Waals surface area contributed by atoms with Gasteiger partial charge < -0.3 is 14.8 Å². The lowest BCUT2D eigenvalue weighted by Crippen LogP contribution is -2.30. The Hall–Kier alpha value is -2.22. The number of carbonyl (C=O) groups excluding carboxylic acids is 3. The minimum atomic E-state index is -0.542. The molecule has 31 heavy (non-hydrogen) atoms. The lowest BCUT2D eigenvalue weighted by atomic mass is 10.1. The predicted molar refractivity (Wildman–Crippen MR) is 127 cm³/mol. The first-order chi connectivity index (χ1) is 14.8. The van der Waals surface area contributed by atoms with Crippen LogP contribution >= 0.6 is 45.2 Å². The third-order valence-electron chi connectivity index (χ3n) is 4.19. The van der Waals surface area contributed by atoms with Gasteiger partial charge in [-0.05, 0) is 93.6 Å². The van der Waals surface area contributed by atoms with E-state index in [1.165, 1.54) is 24.3 Å². The van der Waals surface area contributed by atoms with Gasteiger partial charge in [0.25, 0.3) is 5.91 Å². The van der Waals surface area contributed by atoms with Crippen molar-refractivity contribution in [3.05, 3.63) is 66.2 Å². The number of benzene rings is 2. The van der Waals surface area contributed by atoms with E-state index in [9.17, 15) is 18.8 Å². The molecule has 1 aliphatic heterocycles. The summed E-state index contributed by atoms with van der Waals surface area (Å²) in [6, 6.07) is 8.62. The Bertz CT molecular complexity index is 1030. The molecule has 7 nitrogen and oxygen atoms in total. The zero-order valence-electron chi connectivity index (χ0n) is 16.3. The van der Waals surface area contributed by atoms with Gasteiger partial charge in [0.2, 0.25) is 0 Å². The van der Waals surface area contributed by atoms with E-state index in [-0.39, 0.29) is 31.3 Å². The van der Waals surface area contributed by atoms with Crippen molar-refractivity contribution in [2.75, 3.05) is 13.2 Å². The van der Waals surface area contributed by atoms with Crippen LogP contribution in [0.4, 0.5) is 9.18 Å². The average molecular weight is 650 g/mol. The normalized spacial score (nSPS) is 14.7. The van der Waals surface area contributed by atoms with E-state index in [0.717, 1.165) is 12.0 Å². The average Bonchev–Trinajstić information content (AvgIpc) is 2.96. The lowest BCUT2D eigenvalue weighted by Gasteiger charge is -2.12. The van der Waals surface area contributed by atoms with Crippen LogP contribution in [0.1, 0.15) is 18.1 Å². The standard InChI is InChI=1S/C21H17FI2N2O5/c1-2-30-18(27)11-31-19-15(23)7-13(8-16(19)24)9-17-20(28)26(21(29)25-17)10-12-3-5-14(22)6-4-12/h3-9H,2,10-11H2,1H3,(H,25,29)/b17-9+. The summed E-state index contributed by atoms with van der Waals surface area (Å²) in [7, 11) is 0. The maximum absolute atomic E-state index is 13.1. The molecule has 0 atom stereocenters. The zero-order valence-corrected chi connectivity index (χ0v) is 20.6. The van der Waals surface area contributed by atoms with E-state index in [4.69, 9.17) is 9.47 Å². The van der Waals surface area contributed by atoms with Crippen molar-refractivity contribution in [3.63, 3.8) is 0 Å². The van der Waals surface area contributed by atoms with E-state index in [0.29, 0.717) is 16.9 Å². The van der Waals surface area contributed by atoms with Crippen LogP contribution in [0.25, 0.3) is 6.08 Å². The Balaban J connectivity index is 1.75. The molecule has 3 amide bonds. The summed E-state index contributed by atoms with van der Waals surface area (Å²) in [4.78, 5) is 37.5. The van der Waals surface area contributed by atoms with Crippen molar-refractivity contribution in [1.29, 1.82) is 0 Å². The van der Waals surface area contributed by atoms with Gasteiger partial charge >= 0.3 is 12.0 Å². The smallest absolute Gasteiger partial charge is 0.344 e. The summed E-state index contributed by atoms with van der Waals surface area (Å²) in [5, 5.41) is 2.57. The topological polar surface area (TPSA) is 84.9 Å². The lowest BCUT2D eigenvalue weighted by molar-refractivity contribution is -0.145. The van der Waals surface area contributed by atoms with Crippen LogP contribution in [0.3, 0.4) is 0 Å². The highest BCUT2D eigenvalue weighted by Gasteiger charge is 2.33. The van der Waals surface area contributed by atoms with Crippen LogP contribution in [-0.2, 0) is 20.9 Å². The number of hydrogen-bond donors (Lipinski definition) is 1. The fourth-order valence-corrected chi connectivity index (χ4v) is 4.92. The summed E-state index contributed by atoms with van der Waals surface area (Å²) in [6.07, 6.45) is 1.57. The number of urea groups is 1. The van der Waals surface area contributed by atoms with Crippen molar-refractivity contribution in [1.82, 2.24) is 10.2 Å². The highest BCUT2D eigenvalue weighted by molar-refractivity contribution is 14.1. The molecule has 1 aliphatic rings. The zero-order chi connectivity index (χ0) is 22.5. The van der Waals surface area contributed by atoms with Crippen molar-refractivity contribution in [2.45, 2.75) is 13.5 Å². The second kappa shape index (κ2) is 10.4. The second-order valence-corrected chi connectivity index (χ2v) is 8.74. The Morgan fingerprint density at radius 3 is 2.42 bits per heavy atom. The predicted octanol–water partition coefficient (Wildman–Crippen LogP) is 4.07. The SMILES string of the molecule is CCOC(=O)COc1c(I)cc(/C=C2/NC(=O)N(Cc3ccc(F)cc3)C2=O)cc1I. The van der Waals surface area contributed by atoms with Gasteiger partial charge in [0.1, 0.15) is 17.3 Å². The quantitative estimate of drug-likeness (QED) is 0.212. The molecule has 2 aromatic rings. The van der Waals surface area contributed by atoms with E-state index in [1.54, 1.807) is 25.1 Å². The Labute approximate surface area is 205 Å². The molecule has 0 aliphatic carbocycles. The number of hydrogen-bond acceptors (Lipinski definition) is 5. The van der Waals surface area contributed by atoms with Gasteiger partial charge in [-0.1, -0.05) is 12.1 Å². The van der Waals surface area contributed by atoms with Gasteiger partial charge in [-0.3, -0.25) is 9.69 Å². The van der Waals surface area contributed by atoms with Gasteiger partial charge in [-0.2, -0.15) is 0 Å². The fraction of sp³-hybridized carbons (Fsp3) is 0.190. The minimum Gasteiger partial charge on any atom is -0.480 e. The molecule has 0 radical (unpaired) electrons.